The van der Waals surface area contributed by atoms with E-state index in [0.29, 0.717) is 31.3 Å². The van der Waals surface area contributed by atoms with E-state index in [-0.39, 0.29) is 37.2 Å². The summed E-state index contributed by atoms with van der Waals surface area (Å²) in [6.45, 7) is 1.87. The lowest BCUT2D eigenvalue weighted by Crippen LogP contribution is -2.43. The molecule has 0 radical (unpaired) electrons. The molecule has 1 aromatic carbocycles. The van der Waals surface area contributed by atoms with Crippen LogP contribution in [0.2, 0.25) is 0 Å². The molecule has 2 amide bonds. The van der Waals surface area contributed by atoms with E-state index in [1.54, 1.807) is 4.90 Å². The molecule has 2 heterocycles. The minimum absolute atomic E-state index is 0.0269. The maximum Gasteiger partial charge on any atom is 0.304 e. The third-order valence-corrected chi connectivity index (χ3v) is 6.49. The van der Waals surface area contributed by atoms with Crippen molar-refractivity contribution in [3.05, 3.63) is 52.7 Å². The van der Waals surface area contributed by atoms with Gasteiger partial charge in [-0.25, -0.2) is 0 Å². The molecule has 0 saturated carbocycles. The van der Waals surface area contributed by atoms with Crippen LogP contribution in [-0.4, -0.2) is 54.0 Å². The van der Waals surface area contributed by atoms with E-state index >= 15 is 0 Å². The first-order chi connectivity index (χ1) is 15.0. The maximum atomic E-state index is 12.4. The summed E-state index contributed by atoms with van der Waals surface area (Å²) in [6.07, 6.45) is 1.75. The maximum absolute atomic E-state index is 12.4. The molecule has 1 atom stereocenters. The molecule has 1 aliphatic heterocycles. The predicted octanol–water partition coefficient (Wildman–Crippen LogP) is 3.13. The van der Waals surface area contributed by atoms with Crippen LogP contribution in [0.3, 0.4) is 0 Å². The van der Waals surface area contributed by atoms with Crippen LogP contribution in [0.15, 0.2) is 47.8 Å². The number of aliphatic carboxylic acids is 1. The summed E-state index contributed by atoms with van der Waals surface area (Å²) < 4.78 is 5.53. The van der Waals surface area contributed by atoms with Gasteiger partial charge >= 0.3 is 5.97 Å². The average Bonchev–Trinajstić information content (AvgIpc) is 3.31. The van der Waals surface area contributed by atoms with Gasteiger partial charge in [0.05, 0.1) is 6.42 Å². The summed E-state index contributed by atoms with van der Waals surface area (Å²) in [7, 11) is 0. The number of likely N-dealkylation sites (tertiary alicyclic amines) is 1. The van der Waals surface area contributed by atoms with Gasteiger partial charge in [-0.3, -0.25) is 14.4 Å². The fourth-order valence-electron chi connectivity index (χ4n) is 3.70. The molecule has 2 aromatic rings. The van der Waals surface area contributed by atoms with Gasteiger partial charge in [-0.15, -0.1) is 11.3 Å². The Balaban J connectivity index is 1.37. The number of piperidine rings is 1. The van der Waals surface area contributed by atoms with E-state index < -0.39 is 5.97 Å². The van der Waals surface area contributed by atoms with E-state index in [1.807, 2.05) is 47.8 Å². The van der Waals surface area contributed by atoms with Crippen LogP contribution >= 0.6 is 11.3 Å². The first-order valence-electron chi connectivity index (χ1n) is 10.5. The van der Waals surface area contributed by atoms with Gasteiger partial charge in [-0.05, 0) is 42.3 Å². The van der Waals surface area contributed by atoms with Gasteiger partial charge in [0.15, 0.2) is 6.61 Å². The number of ether oxygens (including phenoxy) is 1. The number of hydrogen-bond acceptors (Lipinski definition) is 5. The molecule has 3 rings (SSSR count). The van der Waals surface area contributed by atoms with Gasteiger partial charge < -0.3 is 20.1 Å². The molecular formula is C23H28N2O5S. The number of thiophene rings is 1. The van der Waals surface area contributed by atoms with Gasteiger partial charge in [0, 0.05) is 36.9 Å². The van der Waals surface area contributed by atoms with Crippen molar-refractivity contribution in [1.29, 1.82) is 0 Å². The first-order valence-corrected chi connectivity index (χ1v) is 11.4. The summed E-state index contributed by atoms with van der Waals surface area (Å²) in [5.41, 5.74) is 0. The van der Waals surface area contributed by atoms with Crippen molar-refractivity contribution in [3.8, 4) is 5.75 Å². The van der Waals surface area contributed by atoms with Crippen molar-refractivity contribution in [2.24, 2.45) is 5.92 Å². The second-order valence-electron chi connectivity index (χ2n) is 7.74. The van der Waals surface area contributed by atoms with Crippen molar-refractivity contribution < 1.29 is 24.2 Å². The highest BCUT2D eigenvalue weighted by atomic mass is 32.1. The molecule has 166 valence electrons. The van der Waals surface area contributed by atoms with Crippen LogP contribution in [0.5, 0.6) is 5.75 Å². The standard InChI is InChI=1S/C23H28N2O5S/c26-21(13-18(14-23(28)29)20-7-4-12-31-20)24-15-17-8-10-25(11-9-17)22(27)16-30-19-5-2-1-3-6-19/h1-7,12,17-18H,8-11,13-16H2,(H,24,26)(H,28,29)/t18-/m0/s1. The Labute approximate surface area is 186 Å². The number of amides is 2. The molecule has 1 aromatic heterocycles. The van der Waals surface area contributed by atoms with Gasteiger partial charge in [0.25, 0.3) is 5.91 Å². The van der Waals surface area contributed by atoms with Crippen LogP contribution in [0.25, 0.3) is 0 Å². The van der Waals surface area contributed by atoms with Crippen LogP contribution in [-0.2, 0) is 14.4 Å². The zero-order chi connectivity index (χ0) is 22.1. The van der Waals surface area contributed by atoms with E-state index in [4.69, 9.17) is 9.84 Å². The molecule has 1 aliphatic rings. The van der Waals surface area contributed by atoms with E-state index in [2.05, 4.69) is 5.32 Å². The highest BCUT2D eigenvalue weighted by Crippen LogP contribution is 2.27. The van der Waals surface area contributed by atoms with Gasteiger partial charge in [0.2, 0.25) is 5.91 Å². The van der Waals surface area contributed by atoms with E-state index in [0.717, 1.165) is 17.7 Å². The third kappa shape index (κ3) is 7.40. The average molecular weight is 445 g/mol. The highest BCUT2D eigenvalue weighted by molar-refractivity contribution is 7.10. The summed E-state index contributed by atoms with van der Waals surface area (Å²) in [5.74, 6) is -0.380. The largest absolute Gasteiger partial charge is 0.484 e. The molecule has 0 unspecified atom stereocenters. The summed E-state index contributed by atoms with van der Waals surface area (Å²) in [6, 6.07) is 13.0. The monoisotopic (exact) mass is 444 g/mol. The van der Waals surface area contributed by atoms with Gasteiger partial charge in [-0.1, -0.05) is 24.3 Å². The number of para-hydroxylation sites is 1. The second kappa shape index (κ2) is 11.5. The predicted molar refractivity (Wildman–Crippen MR) is 118 cm³/mol. The molecule has 0 aliphatic carbocycles. The van der Waals surface area contributed by atoms with Crippen molar-refractivity contribution in [2.45, 2.75) is 31.6 Å². The fourth-order valence-corrected chi connectivity index (χ4v) is 4.53. The van der Waals surface area contributed by atoms with Crippen LogP contribution in [0.4, 0.5) is 0 Å². The molecule has 0 spiro atoms. The lowest BCUT2D eigenvalue weighted by Gasteiger charge is -2.32. The molecule has 1 saturated heterocycles. The fraction of sp³-hybridized carbons (Fsp3) is 0.435. The molecule has 1 fully saturated rings. The SMILES string of the molecule is O=C(O)C[C@H](CC(=O)NCC1CCN(C(=O)COc2ccccc2)CC1)c1cccs1. The number of carbonyl (C=O) groups excluding carboxylic acids is 2. The number of carbonyl (C=O) groups is 3. The Hall–Kier alpha value is -2.87. The zero-order valence-electron chi connectivity index (χ0n) is 17.4. The second-order valence-corrected chi connectivity index (χ2v) is 8.72. The molecule has 31 heavy (non-hydrogen) atoms. The topological polar surface area (TPSA) is 95.9 Å². The number of carboxylic acids is 1. The van der Waals surface area contributed by atoms with Gasteiger partial charge in [0.1, 0.15) is 5.75 Å². The number of benzene rings is 1. The quantitative estimate of drug-likeness (QED) is 0.587. The number of nitrogens with one attached hydrogen (secondary N) is 1. The summed E-state index contributed by atoms with van der Waals surface area (Å²) in [5, 5.41) is 14.0. The Morgan fingerprint density at radius 1 is 1.10 bits per heavy atom. The minimum Gasteiger partial charge on any atom is -0.484 e. The Bertz CT molecular complexity index is 848. The third-order valence-electron chi connectivity index (χ3n) is 5.46. The Morgan fingerprint density at radius 2 is 1.84 bits per heavy atom. The molecule has 2 N–H and O–H groups in total. The smallest absolute Gasteiger partial charge is 0.304 e. The Kier molecular flexibility index (Phi) is 8.46. The number of nitrogens with zero attached hydrogens (tertiary/aromatic N) is 1. The van der Waals surface area contributed by atoms with Crippen LogP contribution < -0.4 is 10.1 Å². The summed E-state index contributed by atoms with van der Waals surface area (Å²) >= 11 is 1.48. The first kappa shape index (κ1) is 22.8. The van der Waals surface area contributed by atoms with Crippen molar-refractivity contribution >= 4 is 29.1 Å². The molecule has 8 heteroatoms. The van der Waals surface area contributed by atoms with E-state index in [1.165, 1.54) is 11.3 Å². The molecule has 7 nitrogen and oxygen atoms in total. The lowest BCUT2D eigenvalue weighted by atomic mass is 9.96. The number of carboxylic acid groups (broad SMARTS) is 1. The van der Waals surface area contributed by atoms with Crippen molar-refractivity contribution in [2.75, 3.05) is 26.2 Å². The van der Waals surface area contributed by atoms with Gasteiger partial charge in [-0.2, -0.15) is 0 Å². The van der Waals surface area contributed by atoms with Crippen molar-refractivity contribution in [1.82, 2.24) is 10.2 Å². The summed E-state index contributed by atoms with van der Waals surface area (Å²) in [4.78, 5) is 38.6. The van der Waals surface area contributed by atoms with Crippen molar-refractivity contribution in [3.63, 3.8) is 0 Å². The number of hydrogen-bond donors (Lipinski definition) is 2. The van der Waals surface area contributed by atoms with E-state index in [9.17, 15) is 14.4 Å². The highest BCUT2D eigenvalue weighted by Gasteiger charge is 2.24. The van der Waals surface area contributed by atoms with Crippen LogP contribution in [0.1, 0.15) is 36.5 Å². The molecular weight excluding hydrogens is 416 g/mol. The normalized spacial score (nSPS) is 15.3. The number of rotatable bonds is 10. The lowest BCUT2D eigenvalue weighted by molar-refractivity contribution is -0.138. The zero-order valence-corrected chi connectivity index (χ0v) is 18.2. The Morgan fingerprint density at radius 3 is 2.48 bits per heavy atom. The molecule has 0 bridgehead atoms. The minimum atomic E-state index is -0.903. The van der Waals surface area contributed by atoms with Crippen LogP contribution in [0, 0.1) is 5.92 Å².